The lowest BCUT2D eigenvalue weighted by Gasteiger charge is -2.33. The Balaban J connectivity index is 0.000000275. The third kappa shape index (κ3) is 6.31. The van der Waals surface area contributed by atoms with Crippen LogP contribution in [0.2, 0.25) is 0 Å². The highest BCUT2D eigenvalue weighted by Gasteiger charge is 2.25. The fraction of sp³-hybridized carbons (Fsp3) is 0.579. The summed E-state index contributed by atoms with van der Waals surface area (Å²) >= 11 is 1.93. The lowest BCUT2D eigenvalue weighted by Crippen LogP contribution is -2.45. The molecule has 10 nitrogen and oxygen atoms in total. The van der Waals surface area contributed by atoms with Gasteiger partial charge in [-0.05, 0) is 18.6 Å². The highest BCUT2D eigenvalue weighted by Crippen LogP contribution is 2.37. The average molecular weight is 438 g/mol. The van der Waals surface area contributed by atoms with Crippen LogP contribution in [-0.4, -0.2) is 90.4 Å². The number of carbonyl (C=O) groups is 2. The number of fused-ring (bicyclic) bond motifs is 1. The van der Waals surface area contributed by atoms with Gasteiger partial charge < -0.3 is 30.1 Å². The smallest absolute Gasteiger partial charge is 0.328 e. The molecule has 3 aliphatic heterocycles. The van der Waals surface area contributed by atoms with E-state index in [1.807, 2.05) is 11.8 Å². The van der Waals surface area contributed by atoms with Crippen LogP contribution in [0.5, 0.6) is 0 Å². The van der Waals surface area contributed by atoms with Crippen molar-refractivity contribution in [3.05, 3.63) is 17.8 Å². The first-order chi connectivity index (χ1) is 14.5. The number of nitrogens with zero attached hydrogens (tertiary/aromatic N) is 4. The van der Waals surface area contributed by atoms with Gasteiger partial charge in [-0.15, -0.1) is 11.8 Å². The average Bonchev–Trinajstić information content (AvgIpc) is 2.78. The number of hydrogen-bond donors (Lipinski definition) is 3. The van der Waals surface area contributed by atoms with Crippen molar-refractivity contribution in [3.8, 4) is 0 Å². The van der Waals surface area contributed by atoms with Gasteiger partial charge in [0.1, 0.15) is 5.82 Å². The number of hydrogen-bond acceptors (Lipinski definition) is 9. The van der Waals surface area contributed by atoms with Crippen molar-refractivity contribution in [3.63, 3.8) is 0 Å². The standard InChI is InChI=1S/C15H23N5OS.C4H4O4/c1-2-12-13(22-11-1)14(19-7-9-21-10-8-19)18-15(17-12)20-5-3-16-4-6-20;5-3(6)1-2-4(7)8/h16H,1-11H2;1-2H,(H,5,6)(H,7,8). The molecule has 0 bridgehead atoms. The number of carboxylic acid groups (broad SMARTS) is 2. The molecule has 11 heteroatoms. The van der Waals surface area contributed by atoms with Crippen molar-refractivity contribution in [2.75, 3.05) is 68.0 Å². The Morgan fingerprint density at radius 1 is 1.00 bits per heavy atom. The molecule has 0 spiro atoms. The van der Waals surface area contributed by atoms with Gasteiger partial charge in [-0.2, -0.15) is 4.98 Å². The lowest BCUT2D eigenvalue weighted by molar-refractivity contribution is -0.134. The van der Waals surface area contributed by atoms with E-state index in [0.29, 0.717) is 12.2 Å². The van der Waals surface area contributed by atoms with E-state index in [1.54, 1.807) is 0 Å². The number of ether oxygens (including phenoxy) is 1. The number of thioether (sulfide) groups is 1. The number of aromatic nitrogens is 2. The normalized spacial score (nSPS) is 19.1. The van der Waals surface area contributed by atoms with Crippen molar-refractivity contribution in [1.82, 2.24) is 15.3 Å². The molecule has 3 aliphatic rings. The maximum absolute atomic E-state index is 9.55. The molecule has 1 aromatic heterocycles. The van der Waals surface area contributed by atoms with E-state index in [2.05, 4.69) is 15.1 Å². The molecule has 2 fully saturated rings. The molecule has 0 aliphatic carbocycles. The summed E-state index contributed by atoms with van der Waals surface area (Å²) in [4.78, 5) is 35.0. The second-order valence-corrected chi connectivity index (χ2v) is 8.03. The van der Waals surface area contributed by atoms with Crippen LogP contribution in [0.1, 0.15) is 12.1 Å². The Labute approximate surface area is 179 Å². The molecule has 0 radical (unpaired) electrons. The van der Waals surface area contributed by atoms with Gasteiger partial charge in [0.2, 0.25) is 5.95 Å². The van der Waals surface area contributed by atoms with Crippen molar-refractivity contribution in [2.24, 2.45) is 0 Å². The molecule has 2 saturated heterocycles. The predicted molar refractivity (Wildman–Crippen MR) is 114 cm³/mol. The molecular weight excluding hydrogens is 410 g/mol. The highest BCUT2D eigenvalue weighted by atomic mass is 32.2. The van der Waals surface area contributed by atoms with Gasteiger partial charge in [-0.1, -0.05) is 0 Å². The SMILES string of the molecule is C1CSc2c(nc(N3CCNCC3)nc2N2CCOCC2)C1.O=C(O)C=CC(=O)O. The zero-order valence-corrected chi connectivity index (χ0v) is 17.6. The molecule has 4 heterocycles. The van der Waals surface area contributed by atoms with Gasteiger partial charge in [0.15, 0.2) is 0 Å². The van der Waals surface area contributed by atoms with Crippen LogP contribution in [0, 0.1) is 0 Å². The first kappa shape index (κ1) is 22.3. The lowest BCUT2D eigenvalue weighted by atomic mass is 10.2. The molecule has 0 saturated carbocycles. The summed E-state index contributed by atoms with van der Waals surface area (Å²) < 4.78 is 5.50. The Bertz CT molecular complexity index is 763. The van der Waals surface area contributed by atoms with Gasteiger partial charge >= 0.3 is 11.9 Å². The fourth-order valence-corrected chi connectivity index (χ4v) is 4.45. The number of nitrogens with one attached hydrogen (secondary N) is 1. The monoisotopic (exact) mass is 437 g/mol. The first-order valence-corrected chi connectivity index (χ1v) is 11.0. The second-order valence-electron chi connectivity index (χ2n) is 6.92. The van der Waals surface area contributed by atoms with E-state index in [1.165, 1.54) is 22.8 Å². The summed E-state index contributed by atoms with van der Waals surface area (Å²) in [5.74, 6) is 0.733. The quantitative estimate of drug-likeness (QED) is 0.569. The largest absolute Gasteiger partial charge is 0.478 e. The topological polar surface area (TPSA) is 128 Å². The number of anilines is 2. The summed E-state index contributed by atoms with van der Waals surface area (Å²) in [5, 5.41) is 19.0. The minimum Gasteiger partial charge on any atom is -0.478 e. The fourth-order valence-electron chi connectivity index (χ4n) is 3.34. The van der Waals surface area contributed by atoms with Gasteiger partial charge in [0.05, 0.1) is 23.8 Å². The minimum absolute atomic E-state index is 0.558. The molecule has 0 amide bonds. The summed E-state index contributed by atoms with van der Waals surface area (Å²) in [6.07, 6.45) is 3.42. The van der Waals surface area contributed by atoms with Crippen LogP contribution in [0.25, 0.3) is 0 Å². The van der Waals surface area contributed by atoms with E-state index in [0.717, 1.165) is 70.7 Å². The summed E-state index contributed by atoms with van der Waals surface area (Å²) in [5.41, 5.74) is 1.25. The van der Waals surface area contributed by atoms with E-state index in [-0.39, 0.29) is 0 Å². The highest BCUT2D eigenvalue weighted by molar-refractivity contribution is 7.99. The van der Waals surface area contributed by atoms with Gasteiger partial charge in [0, 0.05) is 51.4 Å². The van der Waals surface area contributed by atoms with Crippen LogP contribution in [0.3, 0.4) is 0 Å². The van der Waals surface area contributed by atoms with Crippen LogP contribution in [0.15, 0.2) is 17.0 Å². The van der Waals surface area contributed by atoms with Crippen molar-refractivity contribution < 1.29 is 24.5 Å². The molecule has 0 atom stereocenters. The van der Waals surface area contributed by atoms with E-state index in [9.17, 15) is 9.59 Å². The number of piperazine rings is 1. The predicted octanol–water partition coefficient (Wildman–Crippen LogP) is 0.473. The zero-order valence-electron chi connectivity index (χ0n) is 16.7. The molecule has 0 unspecified atom stereocenters. The number of aliphatic carboxylic acids is 2. The number of morpholine rings is 1. The van der Waals surface area contributed by atoms with E-state index >= 15 is 0 Å². The molecule has 4 rings (SSSR count). The Morgan fingerprint density at radius 3 is 2.30 bits per heavy atom. The van der Waals surface area contributed by atoms with Gasteiger partial charge in [-0.25, -0.2) is 14.6 Å². The van der Waals surface area contributed by atoms with Crippen molar-refractivity contribution in [1.29, 1.82) is 0 Å². The van der Waals surface area contributed by atoms with E-state index in [4.69, 9.17) is 24.9 Å². The molecular formula is C19H27N5O5S. The van der Waals surface area contributed by atoms with Crippen LogP contribution in [0.4, 0.5) is 11.8 Å². The third-order valence-electron chi connectivity index (χ3n) is 4.79. The molecule has 0 aromatic carbocycles. The maximum atomic E-state index is 9.55. The van der Waals surface area contributed by atoms with Gasteiger partial charge in [0.25, 0.3) is 0 Å². The Kier molecular flexibility index (Phi) is 8.29. The van der Waals surface area contributed by atoms with E-state index < -0.39 is 11.9 Å². The zero-order chi connectivity index (χ0) is 21.3. The van der Waals surface area contributed by atoms with Crippen LogP contribution < -0.4 is 15.1 Å². The second kappa shape index (κ2) is 11.1. The summed E-state index contributed by atoms with van der Waals surface area (Å²) in [6.45, 7) is 7.49. The molecule has 164 valence electrons. The number of aryl methyl sites for hydroxylation is 1. The molecule has 3 N–H and O–H groups in total. The van der Waals surface area contributed by atoms with Crippen LogP contribution in [-0.2, 0) is 20.7 Å². The first-order valence-electron chi connectivity index (χ1n) is 10.0. The van der Waals surface area contributed by atoms with Gasteiger partial charge in [-0.3, -0.25) is 0 Å². The minimum atomic E-state index is -1.26. The summed E-state index contributed by atoms with van der Waals surface area (Å²) in [7, 11) is 0. The van der Waals surface area contributed by atoms with Crippen LogP contribution >= 0.6 is 11.8 Å². The van der Waals surface area contributed by atoms with Crippen molar-refractivity contribution >= 4 is 35.5 Å². The Morgan fingerprint density at radius 2 is 1.67 bits per heavy atom. The Hall–Kier alpha value is -2.37. The number of rotatable bonds is 4. The number of carboxylic acids is 2. The summed E-state index contributed by atoms with van der Waals surface area (Å²) in [6, 6.07) is 0. The molecule has 1 aromatic rings. The third-order valence-corrected chi connectivity index (χ3v) is 5.99. The molecule has 30 heavy (non-hydrogen) atoms. The van der Waals surface area contributed by atoms with Crippen molar-refractivity contribution in [2.45, 2.75) is 17.7 Å². The maximum Gasteiger partial charge on any atom is 0.328 e.